The number of halogens is 1. The van der Waals surface area contributed by atoms with E-state index in [9.17, 15) is 0 Å². The predicted octanol–water partition coefficient (Wildman–Crippen LogP) is 0.310. The van der Waals surface area contributed by atoms with E-state index >= 15 is 0 Å². The van der Waals surface area contributed by atoms with Gasteiger partial charge in [-0.25, -0.2) is 18.6 Å². The molecule has 1 heterocycles. The van der Waals surface area contributed by atoms with Crippen LogP contribution in [0.15, 0.2) is 53.4 Å². The summed E-state index contributed by atoms with van der Waals surface area (Å²) in [6.07, 6.45) is 8.15. The molecule has 0 aromatic heterocycles. The summed E-state index contributed by atoms with van der Waals surface area (Å²) < 4.78 is 34.0. The van der Waals surface area contributed by atoms with Crippen LogP contribution in [0.25, 0.3) is 0 Å². The van der Waals surface area contributed by atoms with E-state index in [2.05, 4.69) is 74.1 Å². The summed E-state index contributed by atoms with van der Waals surface area (Å²) in [6, 6.07) is 18.2. The monoisotopic (exact) mass is 493 g/mol. The van der Waals surface area contributed by atoms with Gasteiger partial charge in [-0.3, -0.25) is 0 Å². The Morgan fingerprint density at radius 2 is 1.76 bits per heavy atom. The van der Waals surface area contributed by atoms with E-state index < -0.39 is 10.2 Å². The topological polar surface area (TPSA) is 96.7 Å². The van der Waals surface area contributed by atoms with Gasteiger partial charge in [0.05, 0.1) is 19.6 Å². The van der Waals surface area contributed by atoms with E-state index in [0.717, 1.165) is 12.3 Å². The summed E-state index contributed by atoms with van der Waals surface area (Å²) in [6.45, 7) is 8.64. The summed E-state index contributed by atoms with van der Waals surface area (Å²) in [5.74, 6) is 2.16. The lowest BCUT2D eigenvalue weighted by atomic mass is 9.68. The van der Waals surface area contributed by atoms with Gasteiger partial charge < -0.3 is 4.90 Å². The van der Waals surface area contributed by atoms with Gasteiger partial charge in [-0.1, -0.05) is 61.9 Å². The number of aryl methyl sites for hydroxylation is 2. The van der Waals surface area contributed by atoms with Gasteiger partial charge in [0.25, 0.3) is 0 Å². The predicted molar refractivity (Wildman–Crippen MR) is 122 cm³/mol. The van der Waals surface area contributed by atoms with Crippen LogP contribution in [-0.4, -0.2) is 25.4 Å². The van der Waals surface area contributed by atoms with Crippen molar-refractivity contribution < 1.29 is 33.8 Å². The molecule has 3 unspecified atom stereocenters. The number of benzene rings is 2. The Kier molecular flexibility index (Phi) is 9.65. The van der Waals surface area contributed by atoms with Crippen LogP contribution in [0.5, 0.6) is 0 Å². The first kappa shape index (κ1) is 26.5. The zero-order chi connectivity index (χ0) is 23.9. The maximum Gasteiger partial charge on any atom is 0.0808 e. The van der Waals surface area contributed by atoms with E-state index in [-0.39, 0.29) is 0 Å². The minimum atomic E-state index is -4.94. The van der Waals surface area contributed by atoms with Crippen LogP contribution in [0.1, 0.15) is 55.7 Å². The molecule has 5 nitrogen and oxygen atoms in total. The van der Waals surface area contributed by atoms with Crippen LogP contribution >= 0.6 is 11.8 Å². The molecule has 1 saturated carbocycles. The summed E-state index contributed by atoms with van der Waals surface area (Å²) in [5.41, 5.74) is 5.09. The Bertz CT molecular complexity index is 870. The summed E-state index contributed by atoms with van der Waals surface area (Å²) in [7, 11) is -4.94. The number of piperidine rings is 1. The molecule has 0 amide bonds. The second-order valence-electron chi connectivity index (χ2n) is 9.31. The van der Waals surface area contributed by atoms with Crippen molar-refractivity contribution in [1.29, 1.82) is 0 Å². The number of fused-ring (bicyclic) bond motifs is 1. The van der Waals surface area contributed by atoms with E-state index in [4.69, 9.17) is 18.6 Å². The molecule has 182 valence electrons. The zero-order valence-corrected chi connectivity index (χ0v) is 21.3. The van der Waals surface area contributed by atoms with E-state index in [0.29, 0.717) is 5.41 Å². The Labute approximate surface area is 204 Å². The highest BCUT2D eigenvalue weighted by molar-refractivity contribution is 7.99. The lowest BCUT2D eigenvalue weighted by Crippen LogP contribution is -3.14. The smallest absolute Gasteiger partial charge is 0.0808 e. The van der Waals surface area contributed by atoms with Crippen LogP contribution < -0.4 is 23.5 Å². The number of quaternary nitrogens is 1. The minimum absolute atomic E-state index is 0.497. The normalized spacial score (nSPS) is 24.7. The molecule has 0 spiro atoms. The molecule has 7 heteroatoms. The molecule has 4 rings (SSSR count). The molecular formula is C26H36ClNO4S. The number of nitrogens with one attached hydrogen (secondary N) is 1. The SMILES string of the molecule is CCc1cccc(C)c1SCCC[NH+]1CCC2(c3ccccc3)CCCC2C1.[O-][Cl+3]([O-])([O-])[O-]. The van der Waals surface area contributed by atoms with E-state index in [1.807, 2.05) is 4.90 Å². The van der Waals surface area contributed by atoms with Crippen LogP contribution in [-0.2, 0) is 11.8 Å². The van der Waals surface area contributed by atoms with Gasteiger partial charge in [0.2, 0.25) is 0 Å². The van der Waals surface area contributed by atoms with Crippen molar-refractivity contribution in [1.82, 2.24) is 0 Å². The standard InChI is InChI=1S/C26H35NS.ClHO4/c1-3-22-11-7-10-21(2)25(22)28-19-9-17-27-18-16-26(15-8-14-24(26)20-27)23-12-5-4-6-13-23;2-1(3,4)5/h4-7,10-13,24H,3,8-9,14-20H2,1-2H3;(H,2,3,4,5). The molecule has 33 heavy (non-hydrogen) atoms. The second-order valence-corrected chi connectivity index (χ2v) is 11.2. The zero-order valence-electron chi connectivity index (χ0n) is 19.7. The van der Waals surface area contributed by atoms with Crippen molar-refractivity contribution in [3.8, 4) is 0 Å². The number of rotatable bonds is 7. The van der Waals surface area contributed by atoms with Crippen molar-refractivity contribution in [2.45, 2.75) is 62.7 Å². The summed E-state index contributed by atoms with van der Waals surface area (Å²) in [5, 5.41) is 0. The molecule has 3 atom stereocenters. The lowest BCUT2D eigenvalue weighted by Gasteiger charge is -2.42. The molecule has 0 bridgehead atoms. The van der Waals surface area contributed by atoms with Crippen molar-refractivity contribution in [3.63, 3.8) is 0 Å². The third-order valence-electron chi connectivity index (χ3n) is 7.36. The highest BCUT2D eigenvalue weighted by atomic mass is 35.7. The molecule has 0 radical (unpaired) electrons. The quantitative estimate of drug-likeness (QED) is 0.442. The third-order valence-corrected chi connectivity index (χ3v) is 8.73. The van der Waals surface area contributed by atoms with Crippen LogP contribution in [0.3, 0.4) is 0 Å². The van der Waals surface area contributed by atoms with Crippen molar-refractivity contribution in [2.24, 2.45) is 5.92 Å². The molecular weight excluding hydrogens is 458 g/mol. The van der Waals surface area contributed by atoms with Gasteiger partial charge in [-0.15, -0.1) is 22.0 Å². The fourth-order valence-electron chi connectivity index (χ4n) is 5.84. The molecule has 2 aromatic rings. The fourth-order valence-corrected chi connectivity index (χ4v) is 7.02. The average molecular weight is 494 g/mol. The summed E-state index contributed by atoms with van der Waals surface area (Å²) >= 11 is 2.09. The Morgan fingerprint density at radius 3 is 2.45 bits per heavy atom. The largest absolute Gasteiger partial charge is 0.335 e. The molecule has 1 N–H and O–H groups in total. The molecule has 1 aliphatic carbocycles. The highest BCUT2D eigenvalue weighted by Gasteiger charge is 2.48. The highest BCUT2D eigenvalue weighted by Crippen LogP contribution is 2.48. The molecule has 1 aliphatic heterocycles. The average Bonchev–Trinajstić information content (AvgIpc) is 3.21. The van der Waals surface area contributed by atoms with Crippen LogP contribution in [0, 0.1) is 23.1 Å². The molecule has 2 aliphatic rings. The third kappa shape index (κ3) is 7.43. The molecule has 2 aromatic carbocycles. The second kappa shape index (κ2) is 12.0. The maximum atomic E-state index is 8.49. The molecule has 1 saturated heterocycles. The van der Waals surface area contributed by atoms with Crippen molar-refractivity contribution >= 4 is 11.8 Å². The number of hydrogen-bond donors (Lipinski definition) is 1. The fraction of sp³-hybridized carbons (Fsp3) is 0.538. The summed E-state index contributed by atoms with van der Waals surface area (Å²) in [4.78, 5) is 3.40. The Hall–Kier alpha value is -1.12. The first-order valence-corrected chi connectivity index (χ1v) is 14.2. The van der Waals surface area contributed by atoms with Gasteiger partial charge in [0.1, 0.15) is 0 Å². The minimum Gasteiger partial charge on any atom is -0.335 e. The van der Waals surface area contributed by atoms with Crippen LogP contribution in [0.2, 0.25) is 0 Å². The maximum absolute atomic E-state index is 8.49. The molecule has 2 fully saturated rings. The number of likely N-dealkylation sites (tertiary alicyclic amines) is 1. The first-order chi connectivity index (χ1) is 15.7. The van der Waals surface area contributed by atoms with E-state index in [1.165, 1.54) is 73.5 Å². The Morgan fingerprint density at radius 1 is 1.03 bits per heavy atom. The first-order valence-electron chi connectivity index (χ1n) is 11.9. The van der Waals surface area contributed by atoms with Crippen molar-refractivity contribution in [2.75, 3.05) is 25.4 Å². The van der Waals surface area contributed by atoms with Gasteiger partial charge in [-0.2, -0.15) is 0 Å². The Balaban J connectivity index is 0.000000555. The van der Waals surface area contributed by atoms with E-state index in [1.54, 1.807) is 5.56 Å². The lowest BCUT2D eigenvalue weighted by molar-refractivity contribution is -2.00. The van der Waals surface area contributed by atoms with Crippen LogP contribution in [0.4, 0.5) is 0 Å². The number of hydrogen-bond acceptors (Lipinski definition) is 5. The van der Waals surface area contributed by atoms with Gasteiger partial charge in [0.15, 0.2) is 0 Å². The van der Waals surface area contributed by atoms with Gasteiger partial charge in [-0.05, 0) is 42.9 Å². The van der Waals surface area contributed by atoms with Crippen molar-refractivity contribution in [3.05, 3.63) is 65.2 Å². The van der Waals surface area contributed by atoms with Gasteiger partial charge in [0, 0.05) is 34.8 Å². The van der Waals surface area contributed by atoms with Gasteiger partial charge >= 0.3 is 0 Å². The number of thioether (sulfide) groups is 1.